The van der Waals surface area contributed by atoms with Crippen LogP contribution in [0, 0.1) is 0 Å². The maximum Gasteiger partial charge on any atom is 0.343 e. The molecule has 0 bridgehead atoms. The summed E-state index contributed by atoms with van der Waals surface area (Å²) in [6, 6.07) is 0. The predicted octanol–water partition coefficient (Wildman–Crippen LogP) is 2.66. The highest BCUT2D eigenvalue weighted by Crippen LogP contribution is 2.48. The highest BCUT2D eigenvalue weighted by molar-refractivity contribution is 7.54. The van der Waals surface area contributed by atoms with Gasteiger partial charge < -0.3 is 4.52 Å². The van der Waals surface area contributed by atoms with E-state index in [1.165, 1.54) is 0 Å². The van der Waals surface area contributed by atoms with Gasteiger partial charge in [0.05, 0.1) is 6.61 Å². The Balaban J connectivity index is 2.69. The summed E-state index contributed by atoms with van der Waals surface area (Å²) < 4.78 is 19.6. The Bertz CT molecular complexity index is 244. The van der Waals surface area contributed by atoms with Crippen LogP contribution in [-0.2, 0) is 9.09 Å². The van der Waals surface area contributed by atoms with Crippen LogP contribution in [0.25, 0.3) is 0 Å². The van der Waals surface area contributed by atoms with Crippen molar-refractivity contribution < 1.29 is 9.09 Å². The quantitative estimate of drug-likeness (QED) is 0.624. The van der Waals surface area contributed by atoms with Gasteiger partial charge >= 0.3 is 7.67 Å². The van der Waals surface area contributed by atoms with Gasteiger partial charge in [-0.3, -0.25) is 4.57 Å². The van der Waals surface area contributed by atoms with Gasteiger partial charge in [0, 0.05) is 30.4 Å². The molecule has 1 rings (SSSR count). The van der Waals surface area contributed by atoms with Crippen molar-refractivity contribution in [1.29, 1.82) is 0 Å². The monoisotopic (exact) mass is 288 g/mol. The molecule has 3 unspecified atom stereocenters. The Morgan fingerprint density at radius 1 is 1.38 bits per heavy atom. The third kappa shape index (κ3) is 4.52. The molecule has 96 valence electrons. The van der Waals surface area contributed by atoms with Crippen molar-refractivity contribution in [2.24, 2.45) is 0 Å². The minimum atomic E-state index is -2.92. The Labute approximate surface area is 107 Å². The van der Waals surface area contributed by atoms with Crippen molar-refractivity contribution in [2.75, 3.05) is 26.2 Å². The molecular weight excluding hydrogens is 270 g/mol. The van der Waals surface area contributed by atoms with Crippen LogP contribution in [0.15, 0.2) is 0 Å². The smallest absolute Gasteiger partial charge is 0.306 e. The Morgan fingerprint density at radius 3 is 2.31 bits per heavy atom. The largest absolute Gasteiger partial charge is 0.343 e. The lowest BCUT2D eigenvalue weighted by molar-refractivity contribution is 0.227. The van der Waals surface area contributed by atoms with Gasteiger partial charge in [-0.1, -0.05) is 0 Å². The van der Waals surface area contributed by atoms with Gasteiger partial charge in [-0.2, -0.15) is 0 Å². The van der Waals surface area contributed by atoms with Crippen LogP contribution in [0.1, 0.15) is 20.3 Å². The molecule has 0 amide bonds. The molecule has 0 spiro atoms. The number of hydrogen-bond acceptors (Lipinski definition) is 2. The number of hydrogen-bond donors (Lipinski definition) is 1. The van der Waals surface area contributed by atoms with Crippen LogP contribution in [0.3, 0.4) is 0 Å². The van der Waals surface area contributed by atoms with Gasteiger partial charge in [0.2, 0.25) is 0 Å². The van der Waals surface area contributed by atoms with E-state index in [2.05, 4.69) is 5.09 Å². The first-order valence-corrected chi connectivity index (χ1v) is 7.92. The fraction of sp³-hybridized carbons (Fsp3) is 1.00. The SMILES string of the molecule is CC(Cl)CN(CC(C)Cl)P1(=O)NCCCO1. The van der Waals surface area contributed by atoms with Crippen molar-refractivity contribution in [3.05, 3.63) is 0 Å². The minimum absolute atomic E-state index is 0.0893. The molecule has 0 aromatic carbocycles. The second kappa shape index (κ2) is 6.58. The molecule has 1 N–H and O–H groups in total. The van der Waals surface area contributed by atoms with Gasteiger partial charge in [0.25, 0.3) is 0 Å². The van der Waals surface area contributed by atoms with E-state index >= 15 is 0 Å². The van der Waals surface area contributed by atoms with Crippen molar-refractivity contribution >= 4 is 30.9 Å². The maximum atomic E-state index is 12.5. The van der Waals surface area contributed by atoms with Gasteiger partial charge in [-0.05, 0) is 20.3 Å². The molecule has 3 atom stereocenters. The molecule has 7 heteroatoms. The van der Waals surface area contributed by atoms with Crippen LogP contribution in [0.5, 0.6) is 0 Å². The van der Waals surface area contributed by atoms with Crippen molar-refractivity contribution in [3.8, 4) is 0 Å². The molecule has 1 heterocycles. The summed E-state index contributed by atoms with van der Waals surface area (Å²) in [7, 11) is -2.92. The number of alkyl halides is 2. The lowest BCUT2D eigenvalue weighted by atomic mass is 10.4. The minimum Gasteiger partial charge on any atom is -0.306 e. The van der Waals surface area contributed by atoms with E-state index in [1.54, 1.807) is 4.67 Å². The van der Waals surface area contributed by atoms with Gasteiger partial charge in [-0.15, -0.1) is 23.2 Å². The highest BCUT2D eigenvalue weighted by atomic mass is 35.5. The number of halogens is 2. The first kappa shape index (κ1) is 14.7. The molecule has 0 aliphatic carbocycles. The van der Waals surface area contributed by atoms with E-state index in [9.17, 15) is 4.57 Å². The fourth-order valence-electron chi connectivity index (χ4n) is 1.58. The molecule has 1 aliphatic heterocycles. The van der Waals surface area contributed by atoms with Gasteiger partial charge in [-0.25, -0.2) is 9.76 Å². The normalized spacial score (nSPS) is 30.3. The first-order chi connectivity index (χ1) is 7.44. The molecule has 1 saturated heterocycles. The zero-order valence-corrected chi connectivity index (χ0v) is 12.1. The fourth-order valence-corrected chi connectivity index (χ4v) is 4.30. The molecule has 0 saturated carbocycles. The number of rotatable bonds is 5. The zero-order valence-electron chi connectivity index (χ0n) is 9.66. The summed E-state index contributed by atoms with van der Waals surface area (Å²) >= 11 is 11.9. The Kier molecular flexibility index (Phi) is 6.06. The average Bonchev–Trinajstić information content (AvgIpc) is 2.16. The standard InChI is InChI=1S/C9H19Cl2N2O2P/c1-8(10)6-13(7-9(2)11)16(14)12-4-3-5-15-16/h8-9H,3-7H2,1-2H3,(H,12,14). The van der Waals surface area contributed by atoms with Crippen LogP contribution < -0.4 is 5.09 Å². The highest BCUT2D eigenvalue weighted by Gasteiger charge is 2.34. The third-order valence-electron chi connectivity index (χ3n) is 2.20. The topological polar surface area (TPSA) is 41.6 Å². The first-order valence-electron chi connectivity index (χ1n) is 5.47. The second-order valence-electron chi connectivity index (χ2n) is 4.05. The molecule has 1 fully saturated rings. The van der Waals surface area contributed by atoms with Crippen molar-refractivity contribution in [1.82, 2.24) is 9.76 Å². The van der Waals surface area contributed by atoms with E-state index in [-0.39, 0.29) is 10.8 Å². The molecular formula is C9H19Cl2N2O2P. The molecule has 16 heavy (non-hydrogen) atoms. The molecule has 0 radical (unpaired) electrons. The van der Waals surface area contributed by atoms with E-state index in [1.807, 2.05) is 13.8 Å². The molecule has 0 aromatic heterocycles. The molecule has 0 aromatic rings. The van der Waals surface area contributed by atoms with Crippen LogP contribution >= 0.6 is 30.9 Å². The summed E-state index contributed by atoms with van der Waals surface area (Å²) in [6.07, 6.45) is 0.880. The van der Waals surface area contributed by atoms with E-state index in [4.69, 9.17) is 27.7 Å². The Hall–Kier alpha value is 0.690. The summed E-state index contributed by atoms with van der Waals surface area (Å²) in [4.78, 5) is 0. The number of nitrogens with one attached hydrogen (secondary N) is 1. The lowest BCUT2D eigenvalue weighted by Crippen LogP contribution is -2.38. The van der Waals surface area contributed by atoms with Crippen molar-refractivity contribution in [3.63, 3.8) is 0 Å². The van der Waals surface area contributed by atoms with Crippen LogP contribution in [0.4, 0.5) is 0 Å². The van der Waals surface area contributed by atoms with Gasteiger partial charge in [0.1, 0.15) is 0 Å². The third-order valence-corrected chi connectivity index (χ3v) is 4.70. The average molecular weight is 289 g/mol. The molecule has 4 nitrogen and oxygen atoms in total. The summed E-state index contributed by atoms with van der Waals surface area (Å²) in [5, 5.41) is 2.77. The van der Waals surface area contributed by atoms with Crippen LogP contribution in [-0.4, -0.2) is 41.7 Å². The second-order valence-corrected chi connectivity index (χ2v) is 7.72. The van der Waals surface area contributed by atoms with E-state index < -0.39 is 7.67 Å². The summed E-state index contributed by atoms with van der Waals surface area (Å²) in [5.74, 6) is 0. The van der Waals surface area contributed by atoms with Gasteiger partial charge in [0.15, 0.2) is 0 Å². The summed E-state index contributed by atoms with van der Waals surface area (Å²) in [6.45, 7) is 5.97. The molecule has 1 aliphatic rings. The number of nitrogens with zero attached hydrogens (tertiary/aromatic N) is 1. The lowest BCUT2D eigenvalue weighted by Gasteiger charge is -2.35. The Morgan fingerprint density at radius 2 is 1.94 bits per heavy atom. The van der Waals surface area contributed by atoms with E-state index in [0.717, 1.165) is 6.42 Å². The van der Waals surface area contributed by atoms with E-state index in [0.29, 0.717) is 26.2 Å². The van der Waals surface area contributed by atoms with Crippen LogP contribution in [0.2, 0.25) is 0 Å². The van der Waals surface area contributed by atoms with Crippen molar-refractivity contribution in [2.45, 2.75) is 31.0 Å². The maximum absolute atomic E-state index is 12.5. The summed E-state index contributed by atoms with van der Waals surface area (Å²) in [5.41, 5.74) is 0. The zero-order chi connectivity index (χ0) is 12.2. The predicted molar refractivity (Wildman–Crippen MR) is 68.4 cm³/mol.